The first-order valence-corrected chi connectivity index (χ1v) is 11.1. The number of esters is 1. The minimum absolute atomic E-state index is 0.0426. The van der Waals surface area contributed by atoms with Gasteiger partial charge < -0.3 is 15.8 Å². The molecule has 1 aromatic carbocycles. The van der Waals surface area contributed by atoms with Crippen molar-refractivity contribution >= 4 is 57.5 Å². The van der Waals surface area contributed by atoms with Crippen molar-refractivity contribution in [1.82, 2.24) is 20.2 Å². The Morgan fingerprint density at radius 3 is 2.65 bits per heavy atom. The zero-order valence-electron chi connectivity index (χ0n) is 16.4. The average molecular weight is 481 g/mol. The van der Waals surface area contributed by atoms with Crippen molar-refractivity contribution in [3.63, 3.8) is 0 Å². The number of tetrazole rings is 1. The molecule has 0 radical (unpaired) electrons. The molecule has 2 heterocycles. The second kappa shape index (κ2) is 9.90. The fourth-order valence-corrected chi connectivity index (χ4v) is 4.47. The molecular weight excluding hydrogens is 464 g/mol. The number of ether oxygens (including phenoxy) is 1. The summed E-state index contributed by atoms with van der Waals surface area (Å²) in [6.07, 6.45) is 0. The quantitative estimate of drug-likeness (QED) is 0.370. The maximum absolute atomic E-state index is 12.5. The molecule has 3 N–H and O–H groups in total. The maximum atomic E-state index is 12.5. The van der Waals surface area contributed by atoms with E-state index in [2.05, 4.69) is 20.8 Å². The number of nitrogens with one attached hydrogen (secondary N) is 1. The number of hydrogen-bond acceptors (Lipinski definition) is 9. The van der Waals surface area contributed by atoms with Crippen LogP contribution in [0.5, 0.6) is 0 Å². The van der Waals surface area contributed by atoms with Gasteiger partial charge >= 0.3 is 5.97 Å². The third-order valence-corrected chi connectivity index (χ3v) is 6.34. The zero-order valence-corrected chi connectivity index (χ0v) is 18.8. The molecule has 13 heteroatoms. The van der Waals surface area contributed by atoms with E-state index in [0.717, 1.165) is 23.1 Å². The second-order valence-electron chi connectivity index (χ2n) is 6.03. The molecule has 0 aliphatic carbocycles. The molecule has 0 atom stereocenters. The van der Waals surface area contributed by atoms with Gasteiger partial charge in [0.2, 0.25) is 11.1 Å². The number of nitrogens with two attached hydrogens (primary N) is 1. The molecule has 0 aliphatic heterocycles. The monoisotopic (exact) mass is 480 g/mol. The van der Waals surface area contributed by atoms with Crippen molar-refractivity contribution in [2.24, 2.45) is 5.73 Å². The Kier molecular flexibility index (Phi) is 7.25. The van der Waals surface area contributed by atoms with Crippen LogP contribution in [0.25, 0.3) is 5.69 Å². The molecule has 162 valence electrons. The number of amides is 2. The van der Waals surface area contributed by atoms with Crippen LogP contribution in [-0.2, 0) is 9.53 Å². The summed E-state index contributed by atoms with van der Waals surface area (Å²) >= 11 is 7.93. The number of aromatic nitrogens is 4. The fourth-order valence-electron chi connectivity index (χ4n) is 2.59. The van der Waals surface area contributed by atoms with Crippen LogP contribution in [0.15, 0.2) is 29.4 Å². The lowest BCUT2D eigenvalue weighted by molar-refractivity contribution is -0.113. The predicted octanol–water partition coefficient (Wildman–Crippen LogP) is 2.69. The van der Waals surface area contributed by atoms with Gasteiger partial charge in [0.1, 0.15) is 5.00 Å². The van der Waals surface area contributed by atoms with Gasteiger partial charge in [-0.25, -0.2) is 4.79 Å². The Morgan fingerprint density at radius 1 is 1.29 bits per heavy atom. The van der Waals surface area contributed by atoms with Gasteiger partial charge in [0.05, 0.1) is 28.5 Å². The van der Waals surface area contributed by atoms with E-state index in [0.29, 0.717) is 21.4 Å². The summed E-state index contributed by atoms with van der Waals surface area (Å²) in [6.45, 7) is 3.39. The molecule has 3 aromatic rings. The zero-order chi connectivity index (χ0) is 22.5. The van der Waals surface area contributed by atoms with Gasteiger partial charge in [0.25, 0.3) is 5.91 Å². The fraction of sp³-hybridized carbons (Fsp3) is 0.222. The van der Waals surface area contributed by atoms with Crippen LogP contribution >= 0.6 is 34.7 Å². The number of halogens is 1. The van der Waals surface area contributed by atoms with Crippen LogP contribution in [0.3, 0.4) is 0 Å². The highest BCUT2D eigenvalue weighted by molar-refractivity contribution is 7.99. The van der Waals surface area contributed by atoms with Gasteiger partial charge in [-0.2, -0.15) is 4.68 Å². The van der Waals surface area contributed by atoms with Crippen molar-refractivity contribution in [3.8, 4) is 5.69 Å². The van der Waals surface area contributed by atoms with Gasteiger partial charge in [-0.1, -0.05) is 23.4 Å². The summed E-state index contributed by atoms with van der Waals surface area (Å²) in [4.78, 5) is 36.7. The number of anilines is 1. The molecule has 0 unspecified atom stereocenters. The molecule has 2 aromatic heterocycles. The minimum Gasteiger partial charge on any atom is -0.462 e. The van der Waals surface area contributed by atoms with Crippen LogP contribution < -0.4 is 11.1 Å². The van der Waals surface area contributed by atoms with Gasteiger partial charge in [-0.05, 0) is 54.1 Å². The van der Waals surface area contributed by atoms with Crippen molar-refractivity contribution in [2.75, 3.05) is 17.7 Å². The highest BCUT2D eigenvalue weighted by Crippen LogP contribution is 2.33. The SMILES string of the molecule is CCOC(=O)c1c(NC(=O)CSc2nnnn2-c2ccc(Cl)cc2)sc(C(N)=O)c1C. The lowest BCUT2D eigenvalue weighted by Crippen LogP contribution is -2.17. The third-order valence-electron chi connectivity index (χ3n) is 3.95. The molecule has 0 aliphatic rings. The number of carbonyl (C=O) groups is 3. The summed E-state index contributed by atoms with van der Waals surface area (Å²) < 4.78 is 6.51. The van der Waals surface area contributed by atoms with Crippen molar-refractivity contribution in [1.29, 1.82) is 0 Å². The van der Waals surface area contributed by atoms with Gasteiger partial charge in [-0.3, -0.25) is 9.59 Å². The van der Waals surface area contributed by atoms with Crippen molar-refractivity contribution in [2.45, 2.75) is 19.0 Å². The molecule has 0 fully saturated rings. The van der Waals surface area contributed by atoms with Crippen LogP contribution in [0.4, 0.5) is 5.00 Å². The molecule has 2 amide bonds. The van der Waals surface area contributed by atoms with Gasteiger partial charge in [0, 0.05) is 5.02 Å². The molecule has 0 saturated carbocycles. The van der Waals surface area contributed by atoms with Crippen molar-refractivity contribution in [3.05, 3.63) is 45.3 Å². The van der Waals surface area contributed by atoms with E-state index in [1.165, 1.54) is 4.68 Å². The molecule has 10 nitrogen and oxygen atoms in total. The van der Waals surface area contributed by atoms with Crippen molar-refractivity contribution < 1.29 is 19.1 Å². The summed E-state index contributed by atoms with van der Waals surface area (Å²) in [6, 6.07) is 6.89. The molecule has 0 spiro atoms. The van der Waals surface area contributed by atoms with Crippen LogP contribution in [0.1, 0.15) is 32.5 Å². The summed E-state index contributed by atoms with van der Waals surface area (Å²) in [5, 5.41) is 15.3. The Morgan fingerprint density at radius 2 is 2.00 bits per heavy atom. The van der Waals surface area contributed by atoms with Gasteiger partial charge in [-0.15, -0.1) is 16.4 Å². The molecular formula is C18H17ClN6O4S2. The van der Waals surface area contributed by atoms with E-state index < -0.39 is 17.8 Å². The standard InChI is InChI=1S/C18H17ClN6O4S2/c1-3-29-17(28)13-9(2)14(15(20)27)31-16(13)21-12(26)8-30-18-22-23-24-25(18)11-6-4-10(19)5-7-11/h4-7H,3,8H2,1-2H3,(H2,20,27)(H,21,26). The summed E-state index contributed by atoms with van der Waals surface area (Å²) in [7, 11) is 0. The predicted molar refractivity (Wildman–Crippen MR) is 117 cm³/mol. The minimum atomic E-state index is -0.690. The lowest BCUT2D eigenvalue weighted by Gasteiger charge is -2.07. The van der Waals surface area contributed by atoms with Crippen LogP contribution in [-0.4, -0.2) is 50.4 Å². The molecule has 0 bridgehead atoms. The highest BCUT2D eigenvalue weighted by Gasteiger charge is 2.25. The number of hydrogen-bond donors (Lipinski definition) is 2. The smallest absolute Gasteiger partial charge is 0.341 e. The Hall–Kier alpha value is -2.96. The van der Waals surface area contributed by atoms with E-state index in [1.807, 2.05) is 0 Å². The summed E-state index contributed by atoms with van der Waals surface area (Å²) in [5.74, 6) is -1.79. The van der Waals surface area contributed by atoms with Crippen LogP contribution in [0.2, 0.25) is 5.02 Å². The van der Waals surface area contributed by atoms with E-state index in [1.54, 1.807) is 38.1 Å². The Labute approximate surface area is 190 Å². The molecule has 0 saturated heterocycles. The number of benzene rings is 1. The lowest BCUT2D eigenvalue weighted by atomic mass is 10.1. The maximum Gasteiger partial charge on any atom is 0.341 e. The second-order valence-corrected chi connectivity index (χ2v) is 8.43. The number of nitrogens with zero attached hydrogens (tertiary/aromatic N) is 4. The molecule has 3 rings (SSSR count). The number of thioether (sulfide) groups is 1. The van der Waals surface area contributed by atoms with Gasteiger partial charge in [0.15, 0.2) is 0 Å². The number of carbonyl (C=O) groups excluding carboxylic acids is 3. The number of thiophene rings is 1. The van der Waals surface area contributed by atoms with E-state index >= 15 is 0 Å². The first kappa shape index (κ1) is 22.7. The van der Waals surface area contributed by atoms with E-state index in [-0.39, 0.29) is 27.8 Å². The topological polar surface area (TPSA) is 142 Å². The largest absolute Gasteiger partial charge is 0.462 e. The summed E-state index contributed by atoms with van der Waals surface area (Å²) in [5.41, 5.74) is 6.54. The van der Waals surface area contributed by atoms with E-state index in [4.69, 9.17) is 22.1 Å². The van der Waals surface area contributed by atoms with Crippen LogP contribution in [0, 0.1) is 6.92 Å². The highest BCUT2D eigenvalue weighted by atomic mass is 35.5. The number of primary amides is 1. The third kappa shape index (κ3) is 5.21. The first-order chi connectivity index (χ1) is 14.8. The Bertz CT molecular complexity index is 1130. The normalized spacial score (nSPS) is 10.7. The number of rotatable bonds is 8. The Balaban J connectivity index is 1.74. The van der Waals surface area contributed by atoms with E-state index in [9.17, 15) is 14.4 Å². The first-order valence-electron chi connectivity index (χ1n) is 8.89. The average Bonchev–Trinajstić information content (AvgIpc) is 3.31. The molecule has 31 heavy (non-hydrogen) atoms.